The number of methoxy groups -OCH3 is 3. The summed E-state index contributed by atoms with van der Waals surface area (Å²) in [6, 6.07) is 10.7. The predicted octanol–water partition coefficient (Wildman–Crippen LogP) is 5.36. The van der Waals surface area contributed by atoms with E-state index in [9.17, 15) is 14.7 Å². The second kappa shape index (κ2) is 9.40. The van der Waals surface area contributed by atoms with Gasteiger partial charge in [-0.25, -0.2) is 0 Å². The predicted molar refractivity (Wildman–Crippen MR) is 131 cm³/mol. The molecule has 1 amide bonds. The van der Waals surface area contributed by atoms with Crippen molar-refractivity contribution >= 4 is 46.1 Å². The summed E-state index contributed by atoms with van der Waals surface area (Å²) in [4.78, 5) is 28.8. The van der Waals surface area contributed by atoms with Crippen molar-refractivity contribution in [1.82, 2.24) is 0 Å². The minimum atomic E-state index is -0.849. The number of aliphatic hydroxyl groups excluding tert-OH is 1. The number of hydrogen-bond donors (Lipinski definition) is 1. The number of amides is 1. The van der Waals surface area contributed by atoms with E-state index in [2.05, 4.69) is 0 Å². The smallest absolute Gasteiger partial charge is 0.300 e. The third-order valence-electron chi connectivity index (χ3n) is 5.63. The molecular weight excluding hydrogens is 478 g/mol. The summed E-state index contributed by atoms with van der Waals surface area (Å²) in [7, 11) is 4.48. The molecule has 1 aromatic heterocycles. The number of hydrogen-bond acceptors (Lipinski definition) is 7. The zero-order chi connectivity index (χ0) is 24.6. The fourth-order valence-electron chi connectivity index (χ4n) is 3.91. The van der Waals surface area contributed by atoms with Crippen molar-refractivity contribution in [1.29, 1.82) is 0 Å². The second-order valence-electron chi connectivity index (χ2n) is 7.56. The molecule has 1 saturated heterocycles. The molecule has 2 heterocycles. The molecule has 1 aliphatic heterocycles. The normalized spacial score (nSPS) is 17.2. The van der Waals surface area contributed by atoms with E-state index in [4.69, 9.17) is 25.8 Å². The number of aryl methyl sites for hydroxylation is 1. The van der Waals surface area contributed by atoms with Crippen LogP contribution in [0.3, 0.4) is 0 Å². The maximum atomic E-state index is 13.3. The number of ether oxygens (including phenoxy) is 3. The van der Waals surface area contributed by atoms with Crippen LogP contribution in [-0.4, -0.2) is 38.1 Å². The Balaban J connectivity index is 1.96. The lowest BCUT2D eigenvalue weighted by Gasteiger charge is -2.25. The molecule has 1 atom stereocenters. The third kappa shape index (κ3) is 3.99. The number of halogens is 1. The van der Waals surface area contributed by atoms with Crippen molar-refractivity contribution in [3.05, 3.63) is 74.4 Å². The lowest BCUT2D eigenvalue weighted by Crippen LogP contribution is -2.29. The summed E-state index contributed by atoms with van der Waals surface area (Å²) < 4.78 is 15.9. The number of anilines is 1. The number of carbonyl (C=O) groups excluding carboxylic acids is 2. The molecule has 0 bridgehead atoms. The van der Waals surface area contributed by atoms with Crippen LogP contribution in [-0.2, 0) is 9.59 Å². The van der Waals surface area contributed by atoms with Crippen molar-refractivity contribution in [3.8, 4) is 17.2 Å². The molecule has 34 heavy (non-hydrogen) atoms. The van der Waals surface area contributed by atoms with Crippen molar-refractivity contribution in [2.45, 2.75) is 13.0 Å². The number of benzene rings is 2. The highest BCUT2D eigenvalue weighted by Crippen LogP contribution is 2.46. The molecule has 1 fully saturated rings. The van der Waals surface area contributed by atoms with Crippen LogP contribution in [0.25, 0.3) is 5.76 Å². The van der Waals surface area contributed by atoms with Gasteiger partial charge in [-0.3, -0.25) is 14.5 Å². The Kier molecular flexibility index (Phi) is 6.54. The van der Waals surface area contributed by atoms with Gasteiger partial charge in [0.25, 0.3) is 11.7 Å². The standard InChI is InChI=1S/C25H22ClNO6S/c1-13-7-8-34-24(13)21-20(22(28)14-5-6-19(33-4)18(26)9-14)23(29)25(30)27(21)15-10-16(31-2)12-17(11-15)32-3/h5-12,21,28H,1-4H3/b22-20-. The molecule has 9 heteroatoms. The fraction of sp³-hybridized carbons (Fsp3) is 0.200. The van der Waals surface area contributed by atoms with Gasteiger partial charge in [-0.15, -0.1) is 11.3 Å². The molecule has 3 aromatic rings. The lowest BCUT2D eigenvalue weighted by atomic mass is 9.98. The van der Waals surface area contributed by atoms with Gasteiger partial charge in [0.2, 0.25) is 0 Å². The molecule has 4 rings (SSSR count). The first kappa shape index (κ1) is 23.7. The number of aliphatic hydroxyl groups is 1. The topological polar surface area (TPSA) is 85.3 Å². The van der Waals surface area contributed by atoms with Gasteiger partial charge in [-0.2, -0.15) is 0 Å². The highest BCUT2D eigenvalue weighted by Gasteiger charge is 2.48. The Bertz CT molecular complexity index is 1290. The molecule has 1 unspecified atom stereocenters. The molecule has 0 radical (unpaired) electrons. The minimum absolute atomic E-state index is 0.0291. The van der Waals surface area contributed by atoms with Gasteiger partial charge in [0.1, 0.15) is 29.0 Å². The average Bonchev–Trinajstić information content (AvgIpc) is 3.38. The summed E-state index contributed by atoms with van der Waals surface area (Å²) in [5.41, 5.74) is 1.56. The molecule has 176 valence electrons. The summed E-state index contributed by atoms with van der Waals surface area (Å²) >= 11 is 7.65. The molecule has 0 spiro atoms. The largest absolute Gasteiger partial charge is 0.507 e. The Morgan fingerprint density at radius 3 is 2.21 bits per heavy atom. The SMILES string of the molecule is COc1cc(OC)cc(N2C(=O)C(=O)/C(=C(\O)c3ccc(OC)c(Cl)c3)C2c2sccc2C)c1. The zero-order valence-corrected chi connectivity index (χ0v) is 20.5. The second-order valence-corrected chi connectivity index (χ2v) is 8.91. The first-order valence-corrected chi connectivity index (χ1v) is 11.5. The van der Waals surface area contributed by atoms with Crippen molar-refractivity contribution in [3.63, 3.8) is 0 Å². The van der Waals surface area contributed by atoms with Crippen LogP contribution in [0.1, 0.15) is 22.0 Å². The molecule has 1 aliphatic rings. The van der Waals surface area contributed by atoms with Crippen LogP contribution in [0.2, 0.25) is 5.02 Å². The molecule has 0 saturated carbocycles. The number of carbonyl (C=O) groups is 2. The van der Waals surface area contributed by atoms with E-state index in [0.29, 0.717) is 28.5 Å². The average molecular weight is 500 g/mol. The molecule has 0 aliphatic carbocycles. The Hall–Kier alpha value is -3.49. The van der Waals surface area contributed by atoms with E-state index in [1.165, 1.54) is 43.6 Å². The van der Waals surface area contributed by atoms with Crippen LogP contribution >= 0.6 is 22.9 Å². The monoisotopic (exact) mass is 499 g/mol. The Labute approximate surface area is 205 Å². The minimum Gasteiger partial charge on any atom is -0.507 e. The summed E-state index contributed by atoms with van der Waals surface area (Å²) in [5, 5.41) is 13.4. The van der Waals surface area contributed by atoms with Crippen molar-refractivity contribution in [2.24, 2.45) is 0 Å². The van der Waals surface area contributed by atoms with Crippen LogP contribution < -0.4 is 19.1 Å². The van der Waals surface area contributed by atoms with Gasteiger partial charge in [0.05, 0.1) is 37.6 Å². The molecule has 1 N–H and O–H groups in total. The zero-order valence-electron chi connectivity index (χ0n) is 18.9. The first-order valence-electron chi connectivity index (χ1n) is 10.2. The quantitative estimate of drug-likeness (QED) is 0.279. The van der Waals surface area contributed by atoms with Gasteiger partial charge in [0, 0.05) is 28.6 Å². The maximum absolute atomic E-state index is 13.3. The number of rotatable bonds is 6. The Morgan fingerprint density at radius 2 is 1.68 bits per heavy atom. The van der Waals surface area contributed by atoms with Crippen LogP contribution in [0.4, 0.5) is 5.69 Å². The third-order valence-corrected chi connectivity index (χ3v) is 7.00. The molecular formula is C25H22ClNO6S. The van der Waals surface area contributed by atoms with Gasteiger partial charge in [-0.1, -0.05) is 11.6 Å². The van der Waals surface area contributed by atoms with Crippen molar-refractivity contribution < 1.29 is 28.9 Å². The highest BCUT2D eigenvalue weighted by atomic mass is 35.5. The summed E-state index contributed by atoms with van der Waals surface area (Å²) in [6.07, 6.45) is 0. The summed E-state index contributed by atoms with van der Waals surface area (Å²) in [6.45, 7) is 1.89. The summed E-state index contributed by atoms with van der Waals surface area (Å²) in [5.74, 6) is -0.552. The van der Waals surface area contributed by atoms with Crippen LogP contribution in [0.5, 0.6) is 17.2 Å². The highest BCUT2D eigenvalue weighted by molar-refractivity contribution is 7.10. The van der Waals surface area contributed by atoms with Gasteiger partial charge >= 0.3 is 0 Å². The molecule has 7 nitrogen and oxygen atoms in total. The van der Waals surface area contributed by atoms with E-state index in [1.54, 1.807) is 30.3 Å². The van der Waals surface area contributed by atoms with E-state index < -0.39 is 17.7 Å². The van der Waals surface area contributed by atoms with Gasteiger partial charge in [0.15, 0.2) is 0 Å². The number of ketones is 1. The van der Waals surface area contributed by atoms with Crippen LogP contribution in [0.15, 0.2) is 53.4 Å². The Morgan fingerprint density at radius 1 is 1.00 bits per heavy atom. The molecule has 2 aromatic carbocycles. The first-order chi connectivity index (χ1) is 16.3. The lowest BCUT2D eigenvalue weighted by molar-refractivity contribution is -0.132. The van der Waals surface area contributed by atoms with Crippen molar-refractivity contribution in [2.75, 3.05) is 26.2 Å². The van der Waals surface area contributed by atoms with Gasteiger partial charge < -0.3 is 19.3 Å². The fourth-order valence-corrected chi connectivity index (χ4v) is 5.19. The van der Waals surface area contributed by atoms with E-state index in [-0.39, 0.29) is 16.4 Å². The van der Waals surface area contributed by atoms with E-state index >= 15 is 0 Å². The number of thiophene rings is 1. The van der Waals surface area contributed by atoms with E-state index in [1.807, 2.05) is 18.4 Å². The maximum Gasteiger partial charge on any atom is 0.300 e. The van der Waals surface area contributed by atoms with Gasteiger partial charge in [-0.05, 0) is 42.1 Å². The number of Topliss-reactive ketones (excluding diaryl/α,β-unsaturated/α-hetero) is 1. The van der Waals surface area contributed by atoms with Crippen LogP contribution in [0, 0.1) is 6.92 Å². The number of nitrogens with zero attached hydrogens (tertiary/aromatic N) is 1. The van der Waals surface area contributed by atoms with E-state index in [0.717, 1.165) is 10.4 Å².